The van der Waals surface area contributed by atoms with Crippen molar-refractivity contribution in [3.05, 3.63) is 42.0 Å². The molecule has 0 unspecified atom stereocenters. The second-order valence-corrected chi connectivity index (χ2v) is 7.46. The zero-order valence-electron chi connectivity index (χ0n) is 13.1. The fourth-order valence-corrected chi connectivity index (χ4v) is 3.22. The van der Waals surface area contributed by atoms with Gasteiger partial charge in [-0.3, -0.25) is 0 Å². The van der Waals surface area contributed by atoms with Crippen LogP contribution in [-0.2, 0) is 10.0 Å². The molecule has 0 radical (unpaired) electrons. The first kappa shape index (κ1) is 18.6. The number of halogens is 1. The Kier molecular flexibility index (Phi) is 7.50. The number of hydrogen-bond acceptors (Lipinski definition) is 2. The maximum Gasteiger partial charge on any atom is 0.271 e. The number of rotatable bonds is 7. The summed E-state index contributed by atoms with van der Waals surface area (Å²) >= 11 is 5.61. The van der Waals surface area contributed by atoms with Gasteiger partial charge in [0.2, 0.25) is 0 Å². The summed E-state index contributed by atoms with van der Waals surface area (Å²) in [6.45, 7) is 7.68. The number of benzene rings is 1. The zero-order chi connectivity index (χ0) is 16.6. The molecule has 1 aromatic carbocycles. The van der Waals surface area contributed by atoms with Crippen LogP contribution in [0.1, 0.15) is 31.7 Å². The summed E-state index contributed by atoms with van der Waals surface area (Å²) in [5.74, 6) is 3.51. The van der Waals surface area contributed by atoms with Gasteiger partial charge in [0.05, 0.1) is 11.4 Å². The molecule has 0 aromatic heterocycles. The smallest absolute Gasteiger partial charge is 0.220 e. The van der Waals surface area contributed by atoms with Gasteiger partial charge in [0.15, 0.2) is 0 Å². The average molecular weight is 340 g/mol. The SMILES string of the molecule is C=C(C)CN(C#CCCCCCl)S(=O)(=O)c1ccc(C)cc1. The van der Waals surface area contributed by atoms with Crippen LogP contribution < -0.4 is 0 Å². The van der Waals surface area contributed by atoms with E-state index in [9.17, 15) is 8.42 Å². The standard InChI is InChI=1S/C17H22ClNO2S/c1-15(2)14-19(13-7-5-4-6-12-18)22(20,21)17-10-8-16(3)9-11-17/h8-11H,1,4-6,12,14H2,2-3H3. The topological polar surface area (TPSA) is 37.4 Å². The summed E-state index contributed by atoms with van der Waals surface area (Å²) in [6.07, 6.45) is 2.37. The summed E-state index contributed by atoms with van der Waals surface area (Å²) in [5.41, 5.74) is 1.75. The van der Waals surface area contributed by atoms with Crippen molar-refractivity contribution in [1.29, 1.82) is 0 Å². The molecule has 0 saturated carbocycles. The molecule has 0 aliphatic heterocycles. The van der Waals surface area contributed by atoms with Crippen LogP contribution in [0.15, 0.2) is 41.3 Å². The van der Waals surface area contributed by atoms with Crippen molar-refractivity contribution in [3.63, 3.8) is 0 Å². The van der Waals surface area contributed by atoms with E-state index in [4.69, 9.17) is 11.6 Å². The number of unbranched alkanes of at least 4 members (excludes halogenated alkanes) is 2. The summed E-state index contributed by atoms with van der Waals surface area (Å²) in [4.78, 5) is 0.245. The third kappa shape index (κ3) is 5.75. The number of aryl methyl sites for hydroxylation is 1. The quantitative estimate of drug-likeness (QED) is 0.248. The molecule has 120 valence electrons. The molecule has 0 spiro atoms. The minimum absolute atomic E-state index is 0.193. The van der Waals surface area contributed by atoms with Crippen LogP contribution >= 0.6 is 11.6 Å². The summed E-state index contributed by atoms with van der Waals surface area (Å²) in [5, 5.41) is 0. The highest BCUT2D eigenvalue weighted by molar-refractivity contribution is 7.89. The summed E-state index contributed by atoms with van der Waals surface area (Å²) in [6, 6.07) is 9.51. The largest absolute Gasteiger partial charge is 0.271 e. The average Bonchev–Trinajstić information content (AvgIpc) is 2.46. The molecule has 0 aliphatic carbocycles. The normalized spacial score (nSPS) is 10.7. The molecular weight excluding hydrogens is 318 g/mol. The van der Waals surface area contributed by atoms with E-state index in [1.165, 1.54) is 4.31 Å². The first-order chi connectivity index (χ1) is 10.4. The number of hydrogen-bond donors (Lipinski definition) is 0. The Hall–Kier alpha value is -1.44. The van der Waals surface area contributed by atoms with E-state index in [2.05, 4.69) is 18.5 Å². The van der Waals surface area contributed by atoms with Gasteiger partial charge in [-0.15, -0.1) is 11.6 Å². The molecule has 3 nitrogen and oxygen atoms in total. The monoisotopic (exact) mass is 339 g/mol. The first-order valence-corrected chi connectivity index (χ1v) is 9.13. The Bertz CT molecular complexity index is 654. The van der Waals surface area contributed by atoms with Crippen molar-refractivity contribution in [1.82, 2.24) is 4.31 Å². The molecule has 0 atom stereocenters. The molecule has 1 aromatic rings. The highest BCUT2D eigenvalue weighted by Gasteiger charge is 2.21. The number of nitrogens with zero attached hydrogens (tertiary/aromatic N) is 1. The predicted molar refractivity (Wildman–Crippen MR) is 92.2 cm³/mol. The van der Waals surface area contributed by atoms with Crippen molar-refractivity contribution in [2.45, 2.75) is 38.0 Å². The summed E-state index contributed by atoms with van der Waals surface area (Å²) < 4.78 is 26.5. The van der Waals surface area contributed by atoms with Crippen LogP contribution in [0, 0.1) is 18.9 Å². The molecule has 0 saturated heterocycles. The van der Waals surface area contributed by atoms with Crippen LogP contribution in [0.2, 0.25) is 0 Å². The van der Waals surface area contributed by atoms with E-state index >= 15 is 0 Å². The number of alkyl halides is 1. The van der Waals surface area contributed by atoms with E-state index in [0.29, 0.717) is 12.3 Å². The minimum Gasteiger partial charge on any atom is -0.220 e. The van der Waals surface area contributed by atoms with Gasteiger partial charge in [0, 0.05) is 18.3 Å². The lowest BCUT2D eigenvalue weighted by Crippen LogP contribution is -2.28. The molecule has 1 rings (SSSR count). The molecule has 0 aliphatic rings. The maximum absolute atomic E-state index is 12.7. The molecule has 0 fully saturated rings. The van der Waals surface area contributed by atoms with E-state index in [1.807, 2.05) is 6.92 Å². The lowest BCUT2D eigenvalue weighted by atomic mass is 10.2. The molecule has 0 heterocycles. The second kappa shape index (κ2) is 8.87. The van der Waals surface area contributed by atoms with Crippen molar-refractivity contribution >= 4 is 21.6 Å². The molecular formula is C17H22ClNO2S. The maximum atomic E-state index is 12.7. The molecule has 5 heteroatoms. The van der Waals surface area contributed by atoms with Crippen LogP contribution in [-0.4, -0.2) is 25.1 Å². The van der Waals surface area contributed by atoms with E-state index in [1.54, 1.807) is 31.2 Å². The Balaban J connectivity index is 2.99. The highest BCUT2D eigenvalue weighted by atomic mass is 35.5. The molecule has 0 amide bonds. The summed E-state index contributed by atoms with van der Waals surface area (Å²) in [7, 11) is -3.63. The Morgan fingerprint density at radius 2 is 1.91 bits per heavy atom. The Labute approximate surface area is 139 Å². The zero-order valence-corrected chi connectivity index (χ0v) is 14.7. The molecule has 0 N–H and O–H groups in total. The third-order valence-corrected chi connectivity index (χ3v) is 4.85. The Morgan fingerprint density at radius 1 is 1.27 bits per heavy atom. The lowest BCUT2D eigenvalue weighted by Gasteiger charge is -2.18. The third-order valence-electron chi connectivity index (χ3n) is 2.91. The van der Waals surface area contributed by atoms with E-state index < -0.39 is 10.0 Å². The van der Waals surface area contributed by atoms with Gasteiger partial charge in [0.1, 0.15) is 0 Å². The fourth-order valence-electron chi connectivity index (χ4n) is 1.72. The van der Waals surface area contributed by atoms with Gasteiger partial charge in [-0.25, -0.2) is 12.7 Å². The van der Waals surface area contributed by atoms with Gasteiger partial charge in [-0.05, 0) is 38.8 Å². The van der Waals surface area contributed by atoms with Crippen LogP contribution in [0.25, 0.3) is 0 Å². The van der Waals surface area contributed by atoms with Crippen LogP contribution in [0.5, 0.6) is 0 Å². The fraction of sp³-hybridized carbons (Fsp3) is 0.412. The number of sulfonamides is 1. The predicted octanol–water partition coefficient (Wildman–Crippen LogP) is 3.93. The lowest BCUT2D eigenvalue weighted by molar-refractivity contribution is 0.527. The van der Waals surface area contributed by atoms with Crippen molar-refractivity contribution < 1.29 is 8.42 Å². The molecule has 0 bridgehead atoms. The van der Waals surface area contributed by atoms with Gasteiger partial charge in [-0.1, -0.05) is 35.8 Å². The second-order valence-electron chi connectivity index (χ2n) is 5.22. The van der Waals surface area contributed by atoms with Gasteiger partial charge >= 0.3 is 0 Å². The van der Waals surface area contributed by atoms with Crippen LogP contribution in [0.4, 0.5) is 0 Å². The molecule has 22 heavy (non-hydrogen) atoms. The van der Waals surface area contributed by atoms with Gasteiger partial charge < -0.3 is 0 Å². The van der Waals surface area contributed by atoms with E-state index in [-0.39, 0.29) is 11.4 Å². The van der Waals surface area contributed by atoms with Gasteiger partial charge in [0.25, 0.3) is 10.0 Å². The van der Waals surface area contributed by atoms with E-state index in [0.717, 1.165) is 24.0 Å². The van der Waals surface area contributed by atoms with Crippen molar-refractivity contribution in [2.75, 3.05) is 12.4 Å². The van der Waals surface area contributed by atoms with Crippen molar-refractivity contribution in [3.8, 4) is 12.0 Å². The van der Waals surface area contributed by atoms with Crippen LogP contribution in [0.3, 0.4) is 0 Å². The minimum atomic E-state index is -3.63. The van der Waals surface area contributed by atoms with Crippen molar-refractivity contribution in [2.24, 2.45) is 0 Å². The van der Waals surface area contributed by atoms with Gasteiger partial charge in [-0.2, -0.15) is 0 Å². The first-order valence-electron chi connectivity index (χ1n) is 7.16. The Morgan fingerprint density at radius 3 is 2.45 bits per heavy atom. The highest BCUT2D eigenvalue weighted by Crippen LogP contribution is 2.16.